The van der Waals surface area contributed by atoms with Gasteiger partial charge in [-0.15, -0.1) is 0 Å². The second-order valence-corrected chi connectivity index (χ2v) is 5.91. The third-order valence-corrected chi connectivity index (χ3v) is 3.07. The van der Waals surface area contributed by atoms with Gasteiger partial charge in [-0.1, -0.05) is 26.0 Å². The number of carbonyl (C=O) groups excluding carboxylic acids is 1. The van der Waals surface area contributed by atoms with Gasteiger partial charge in [-0.2, -0.15) is 0 Å². The lowest BCUT2D eigenvalue weighted by molar-refractivity contribution is 0.0314. The molecule has 0 heterocycles. The lowest BCUT2D eigenvalue weighted by atomic mass is 10.0. The van der Waals surface area contributed by atoms with Gasteiger partial charge in [0, 0.05) is 18.7 Å². The van der Waals surface area contributed by atoms with Crippen LogP contribution in [0.4, 0.5) is 0 Å². The van der Waals surface area contributed by atoms with Crippen molar-refractivity contribution in [1.29, 1.82) is 0 Å². The van der Waals surface area contributed by atoms with Gasteiger partial charge in [0.25, 0.3) is 5.91 Å². The van der Waals surface area contributed by atoms with E-state index in [1.165, 1.54) is 5.56 Å². The molecule has 0 aliphatic rings. The Bertz CT molecular complexity index is 415. The number of rotatable bonds is 5. The third-order valence-electron chi connectivity index (χ3n) is 3.07. The van der Waals surface area contributed by atoms with E-state index in [0.29, 0.717) is 24.6 Å². The topological polar surface area (TPSA) is 40.5 Å². The molecule has 0 aliphatic heterocycles. The molecule has 1 rings (SSSR count). The van der Waals surface area contributed by atoms with Crippen LogP contribution >= 0.6 is 0 Å². The van der Waals surface area contributed by atoms with E-state index in [1.54, 1.807) is 18.7 Å². The number of amides is 1. The van der Waals surface area contributed by atoms with Crippen LogP contribution in [0.3, 0.4) is 0 Å². The summed E-state index contributed by atoms with van der Waals surface area (Å²) in [6.45, 7) is 10.5. The highest BCUT2D eigenvalue weighted by molar-refractivity contribution is 5.94. The van der Waals surface area contributed by atoms with Crippen molar-refractivity contribution in [2.45, 2.75) is 46.1 Å². The molecule has 0 saturated heterocycles. The first-order valence-corrected chi connectivity index (χ1v) is 6.86. The predicted molar refractivity (Wildman–Crippen MR) is 78.4 cm³/mol. The summed E-state index contributed by atoms with van der Waals surface area (Å²) in [4.78, 5) is 14.0. The highest BCUT2D eigenvalue weighted by atomic mass is 16.3. The minimum atomic E-state index is -0.871. The van der Waals surface area contributed by atoms with Gasteiger partial charge in [0.15, 0.2) is 0 Å². The molecule has 0 aliphatic carbocycles. The molecule has 0 aromatic heterocycles. The number of hydrogen-bond acceptors (Lipinski definition) is 2. The van der Waals surface area contributed by atoms with Gasteiger partial charge in [0.1, 0.15) is 0 Å². The average molecular weight is 263 g/mol. The van der Waals surface area contributed by atoms with Crippen molar-refractivity contribution < 1.29 is 9.90 Å². The normalized spacial score (nSPS) is 11.7. The minimum Gasteiger partial charge on any atom is -0.389 e. The molecule has 19 heavy (non-hydrogen) atoms. The highest BCUT2D eigenvalue weighted by Gasteiger charge is 2.22. The summed E-state index contributed by atoms with van der Waals surface area (Å²) in [6.07, 6.45) is 0. The van der Waals surface area contributed by atoms with Gasteiger partial charge in [-0.3, -0.25) is 4.79 Å². The van der Waals surface area contributed by atoms with Crippen LogP contribution in [0.15, 0.2) is 24.3 Å². The maximum Gasteiger partial charge on any atom is 0.253 e. The second kappa shape index (κ2) is 6.20. The van der Waals surface area contributed by atoms with E-state index in [9.17, 15) is 9.90 Å². The lowest BCUT2D eigenvalue weighted by Crippen LogP contribution is -2.42. The standard InChI is InChI=1S/C16H25NO2/c1-6-17(11-16(4,5)19)15(18)14-9-7-13(8-10-14)12(2)3/h7-10,12,19H,6,11H2,1-5H3. The van der Waals surface area contributed by atoms with Crippen LogP contribution in [0.25, 0.3) is 0 Å². The highest BCUT2D eigenvalue weighted by Crippen LogP contribution is 2.16. The first-order chi connectivity index (χ1) is 8.74. The summed E-state index contributed by atoms with van der Waals surface area (Å²) in [5.41, 5.74) is 1.03. The van der Waals surface area contributed by atoms with Gasteiger partial charge >= 0.3 is 0 Å². The van der Waals surface area contributed by atoms with E-state index in [0.717, 1.165) is 0 Å². The molecule has 1 aromatic rings. The van der Waals surface area contributed by atoms with Gasteiger partial charge in [-0.25, -0.2) is 0 Å². The Balaban J connectivity index is 2.86. The fraction of sp³-hybridized carbons (Fsp3) is 0.562. The zero-order valence-electron chi connectivity index (χ0n) is 12.6. The van der Waals surface area contributed by atoms with Gasteiger partial charge in [0.2, 0.25) is 0 Å². The summed E-state index contributed by atoms with van der Waals surface area (Å²) in [5.74, 6) is 0.433. The zero-order valence-corrected chi connectivity index (χ0v) is 12.6. The number of aliphatic hydroxyl groups is 1. The molecule has 1 N–H and O–H groups in total. The molecule has 3 nitrogen and oxygen atoms in total. The first-order valence-electron chi connectivity index (χ1n) is 6.86. The Hall–Kier alpha value is -1.35. The van der Waals surface area contributed by atoms with Crippen molar-refractivity contribution in [1.82, 2.24) is 4.90 Å². The van der Waals surface area contributed by atoms with E-state index in [4.69, 9.17) is 0 Å². The molecular formula is C16H25NO2. The number of likely N-dealkylation sites (N-methyl/N-ethyl adjacent to an activating group) is 1. The van der Waals surface area contributed by atoms with Crippen LogP contribution in [-0.2, 0) is 0 Å². The molecule has 0 radical (unpaired) electrons. The van der Waals surface area contributed by atoms with Crippen LogP contribution in [0.1, 0.15) is 56.5 Å². The number of carbonyl (C=O) groups is 1. The van der Waals surface area contributed by atoms with Crippen LogP contribution in [-0.4, -0.2) is 34.6 Å². The van der Waals surface area contributed by atoms with Crippen molar-refractivity contribution in [2.75, 3.05) is 13.1 Å². The Labute approximate surface area is 116 Å². The number of hydrogen-bond donors (Lipinski definition) is 1. The van der Waals surface area contributed by atoms with Crippen molar-refractivity contribution in [3.63, 3.8) is 0 Å². The summed E-state index contributed by atoms with van der Waals surface area (Å²) >= 11 is 0. The fourth-order valence-electron chi connectivity index (χ4n) is 1.99. The van der Waals surface area contributed by atoms with Crippen LogP contribution in [0.2, 0.25) is 0 Å². The van der Waals surface area contributed by atoms with Crippen LogP contribution in [0, 0.1) is 0 Å². The predicted octanol–water partition coefficient (Wildman–Crippen LogP) is 3.04. The Morgan fingerprint density at radius 1 is 1.26 bits per heavy atom. The van der Waals surface area contributed by atoms with Crippen molar-refractivity contribution in [2.24, 2.45) is 0 Å². The van der Waals surface area contributed by atoms with Crippen LogP contribution in [0.5, 0.6) is 0 Å². The molecule has 3 heteroatoms. The summed E-state index contributed by atoms with van der Waals surface area (Å²) in [6, 6.07) is 7.72. The molecule has 1 aromatic carbocycles. The van der Waals surface area contributed by atoms with E-state index in [1.807, 2.05) is 31.2 Å². The summed E-state index contributed by atoms with van der Waals surface area (Å²) in [5, 5.41) is 9.84. The molecule has 106 valence electrons. The lowest BCUT2D eigenvalue weighted by Gasteiger charge is -2.28. The monoisotopic (exact) mass is 263 g/mol. The first kappa shape index (κ1) is 15.7. The molecule has 0 fully saturated rings. The fourth-order valence-corrected chi connectivity index (χ4v) is 1.99. The van der Waals surface area contributed by atoms with Crippen molar-refractivity contribution in [3.05, 3.63) is 35.4 Å². The maximum atomic E-state index is 12.3. The van der Waals surface area contributed by atoms with Crippen molar-refractivity contribution >= 4 is 5.91 Å². The molecular weight excluding hydrogens is 238 g/mol. The van der Waals surface area contributed by atoms with E-state index >= 15 is 0 Å². The van der Waals surface area contributed by atoms with E-state index < -0.39 is 5.60 Å². The van der Waals surface area contributed by atoms with Gasteiger partial charge in [-0.05, 0) is 44.4 Å². The zero-order chi connectivity index (χ0) is 14.6. The maximum absolute atomic E-state index is 12.3. The molecule has 1 amide bonds. The number of nitrogens with zero attached hydrogens (tertiary/aromatic N) is 1. The Morgan fingerprint density at radius 2 is 1.79 bits per heavy atom. The molecule has 0 saturated carbocycles. The SMILES string of the molecule is CCN(CC(C)(C)O)C(=O)c1ccc(C(C)C)cc1. The van der Waals surface area contributed by atoms with Crippen molar-refractivity contribution in [3.8, 4) is 0 Å². The third kappa shape index (κ3) is 4.67. The smallest absolute Gasteiger partial charge is 0.253 e. The van der Waals surface area contributed by atoms with E-state index in [-0.39, 0.29) is 5.91 Å². The average Bonchev–Trinajstić information content (AvgIpc) is 2.34. The van der Waals surface area contributed by atoms with Gasteiger partial charge in [0.05, 0.1) is 5.60 Å². The quantitative estimate of drug-likeness (QED) is 0.887. The Kier molecular flexibility index (Phi) is 5.12. The summed E-state index contributed by atoms with van der Waals surface area (Å²) < 4.78 is 0. The second-order valence-electron chi connectivity index (χ2n) is 5.91. The van der Waals surface area contributed by atoms with Gasteiger partial charge < -0.3 is 10.0 Å². The Morgan fingerprint density at radius 3 is 2.16 bits per heavy atom. The minimum absolute atomic E-state index is 0.0278. The molecule has 0 spiro atoms. The van der Waals surface area contributed by atoms with E-state index in [2.05, 4.69) is 13.8 Å². The molecule has 0 bridgehead atoms. The number of benzene rings is 1. The molecule has 0 unspecified atom stereocenters. The molecule has 0 atom stereocenters. The largest absolute Gasteiger partial charge is 0.389 e. The summed E-state index contributed by atoms with van der Waals surface area (Å²) in [7, 11) is 0. The van der Waals surface area contributed by atoms with Crippen LogP contribution < -0.4 is 0 Å².